The predicted octanol–water partition coefficient (Wildman–Crippen LogP) is 2.87. The van der Waals surface area contributed by atoms with Gasteiger partial charge in [-0.25, -0.2) is 14.8 Å². The summed E-state index contributed by atoms with van der Waals surface area (Å²) < 4.78 is 37.5. The zero-order chi connectivity index (χ0) is 21.7. The van der Waals surface area contributed by atoms with E-state index in [0.717, 1.165) is 41.7 Å². The summed E-state index contributed by atoms with van der Waals surface area (Å²) in [5.41, 5.74) is 3.13. The van der Waals surface area contributed by atoms with Gasteiger partial charge in [-0.2, -0.15) is 18.4 Å². The van der Waals surface area contributed by atoms with E-state index >= 15 is 0 Å². The van der Waals surface area contributed by atoms with Crippen LogP contribution < -0.4 is 10.1 Å². The smallest absolute Gasteiger partial charge is 0.475 e. The van der Waals surface area contributed by atoms with Gasteiger partial charge in [0.2, 0.25) is 5.88 Å². The number of carboxylic acid groups (broad SMARTS) is 1. The Balaban J connectivity index is 0.000000318. The highest BCUT2D eigenvalue weighted by atomic mass is 19.4. The lowest BCUT2D eigenvalue weighted by Gasteiger charge is -2.10. The van der Waals surface area contributed by atoms with E-state index in [-0.39, 0.29) is 6.10 Å². The van der Waals surface area contributed by atoms with Gasteiger partial charge in [-0.15, -0.1) is 0 Å². The van der Waals surface area contributed by atoms with E-state index in [1.165, 1.54) is 0 Å². The van der Waals surface area contributed by atoms with Crippen molar-refractivity contribution in [3.8, 4) is 23.2 Å². The fraction of sp³-hybridized carbons (Fsp3) is 0.263. The zero-order valence-electron chi connectivity index (χ0n) is 15.4. The summed E-state index contributed by atoms with van der Waals surface area (Å²) in [7, 11) is 0. The van der Waals surface area contributed by atoms with Crippen molar-refractivity contribution in [2.24, 2.45) is 0 Å². The molecule has 1 unspecified atom stereocenters. The van der Waals surface area contributed by atoms with Gasteiger partial charge in [0.05, 0.1) is 29.2 Å². The first-order valence-electron chi connectivity index (χ1n) is 8.79. The third kappa shape index (κ3) is 4.84. The largest absolute Gasteiger partial charge is 0.490 e. The number of nitriles is 1. The fourth-order valence-corrected chi connectivity index (χ4v) is 2.88. The second kappa shape index (κ2) is 8.79. The predicted molar refractivity (Wildman–Crippen MR) is 99.6 cm³/mol. The van der Waals surface area contributed by atoms with Gasteiger partial charge in [0.25, 0.3) is 0 Å². The topological polar surface area (TPSA) is 124 Å². The number of nitrogens with one attached hydrogen (secondary N) is 2. The molecule has 1 aliphatic heterocycles. The van der Waals surface area contributed by atoms with Gasteiger partial charge in [-0.3, -0.25) is 0 Å². The molecule has 30 heavy (non-hydrogen) atoms. The number of aliphatic carboxylic acids is 1. The van der Waals surface area contributed by atoms with E-state index in [0.29, 0.717) is 11.4 Å². The van der Waals surface area contributed by atoms with Crippen LogP contribution in [0.25, 0.3) is 22.2 Å². The molecule has 2 aromatic heterocycles. The number of hydrogen-bond acceptors (Lipinski definition) is 6. The minimum atomic E-state index is -5.08. The Hall–Kier alpha value is -3.65. The molecule has 1 fully saturated rings. The standard InChI is InChI=1S/C17H15N5O.C2HF3O2/c18-6-11-2-1-3-13-14(8-22-17(11)13)15-9-21-16(10-20-15)23-12-4-5-19-7-12;3-2(4,5)1(6)7/h1-3,8-10,12,19,22H,4-5,7H2;(H,6,7). The van der Waals surface area contributed by atoms with Gasteiger partial charge < -0.3 is 20.1 Å². The van der Waals surface area contributed by atoms with Gasteiger partial charge in [0.1, 0.15) is 12.2 Å². The summed E-state index contributed by atoms with van der Waals surface area (Å²) in [6.07, 6.45) is 1.29. The van der Waals surface area contributed by atoms with Crippen LogP contribution >= 0.6 is 0 Å². The van der Waals surface area contributed by atoms with Crippen molar-refractivity contribution in [1.82, 2.24) is 20.3 Å². The van der Waals surface area contributed by atoms with Crippen molar-refractivity contribution in [3.63, 3.8) is 0 Å². The van der Waals surface area contributed by atoms with Crippen LogP contribution in [0.2, 0.25) is 0 Å². The average Bonchev–Trinajstić information content (AvgIpc) is 3.38. The molecule has 0 aliphatic carbocycles. The number of rotatable bonds is 3. The molecule has 0 saturated carbocycles. The number of aromatic nitrogens is 3. The number of alkyl halides is 3. The highest BCUT2D eigenvalue weighted by Crippen LogP contribution is 2.29. The molecule has 1 aliphatic rings. The maximum Gasteiger partial charge on any atom is 0.490 e. The number of H-pyrrole nitrogens is 1. The van der Waals surface area contributed by atoms with Crippen molar-refractivity contribution >= 4 is 16.9 Å². The summed E-state index contributed by atoms with van der Waals surface area (Å²) in [6, 6.07) is 7.83. The van der Waals surface area contributed by atoms with Crippen LogP contribution in [-0.2, 0) is 4.79 Å². The third-order valence-electron chi connectivity index (χ3n) is 4.29. The molecule has 4 rings (SSSR count). The van der Waals surface area contributed by atoms with Crippen LogP contribution in [0.4, 0.5) is 13.2 Å². The van der Waals surface area contributed by atoms with Crippen LogP contribution in [0.1, 0.15) is 12.0 Å². The lowest BCUT2D eigenvalue weighted by atomic mass is 10.1. The lowest BCUT2D eigenvalue weighted by molar-refractivity contribution is -0.192. The molecule has 156 valence electrons. The monoisotopic (exact) mass is 419 g/mol. The van der Waals surface area contributed by atoms with Crippen molar-refractivity contribution in [2.45, 2.75) is 18.7 Å². The molecular weight excluding hydrogens is 403 g/mol. The van der Waals surface area contributed by atoms with E-state index in [1.54, 1.807) is 18.5 Å². The number of ether oxygens (including phenoxy) is 1. The molecule has 3 heterocycles. The zero-order valence-corrected chi connectivity index (χ0v) is 15.4. The number of benzene rings is 1. The Morgan fingerprint density at radius 1 is 1.30 bits per heavy atom. The van der Waals surface area contributed by atoms with Crippen LogP contribution in [0.5, 0.6) is 5.88 Å². The van der Waals surface area contributed by atoms with E-state index in [2.05, 4.69) is 26.3 Å². The molecule has 11 heteroatoms. The van der Waals surface area contributed by atoms with Crippen molar-refractivity contribution in [2.75, 3.05) is 13.1 Å². The highest BCUT2D eigenvalue weighted by Gasteiger charge is 2.38. The number of fused-ring (bicyclic) bond motifs is 1. The summed E-state index contributed by atoms with van der Waals surface area (Å²) in [6.45, 7) is 1.83. The third-order valence-corrected chi connectivity index (χ3v) is 4.29. The quantitative estimate of drug-likeness (QED) is 0.596. The minimum Gasteiger partial charge on any atom is -0.475 e. The normalized spacial score (nSPS) is 15.9. The Kier molecular flexibility index (Phi) is 6.17. The van der Waals surface area contributed by atoms with Gasteiger partial charge in [-0.05, 0) is 19.0 Å². The van der Waals surface area contributed by atoms with Crippen LogP contribution in [-0.4, -0.2) is 51.4 Å². The summed E-state index contributed by atoms with van der Waals surface area (Å²) in [4.78, 5) is 20.9. The van der Waals surface area contributed by atoms with Crippen LogP contribution in [0.15, 0.2) is 36.8 Å². The average molecular weight is 419 g/mol. The SMILES string of the molecule is N#Cc1cccc2c(-c3cnc(OC4CCNC4)cn3)c[nH]c12.O=C(O)C(F)(F)F. The number of carboxylic acids is 1. The van der Waals surface area contributed by atoms with E-state index in [9.17, 15) is 13.2 Å². The Bertz CT molecular complexity index is 1070. The highest BCUT2D eigenvalue weighted by molar-refractivity contribution is 5.97. The van der Waals surface area contributed by atoms with E-state index in [1.807, 2.05) is 18.3 Å². The second-order valence-electron chi connectivity index (χ2n) is 6.32. The number of hydrogen-bond donors (Lipinski definition) is 3. The lowest BCUT2D eigenvalue weighted by Crippen LogP contribution is -2.21. The number of halogens is 3. The summed E-state index contributed by atoms with van der Waals surface area (Å²) in [5, 5.41) is 20.5. The van der Waals surface area contributed by atoms with Gasteiger partial charge in [0.15, 0.2) is 0 Å². The molecule has 1 saturated heterocycles. The molecule has 0 radical (unpaired) electrons. The van der Waals surface area contributed by atoms with Crippen molar-refractivity contribution in [1.29, 1.82) is 5.26 Å². The molecule has 1 atom stereocenters. The van der Waals surface area contributed by atoms with Crippen molar-refractivity contribution < 1.29 is 27.8 Å². The number of carbonyl (C=O) groups is 1. The Morgan fingerprint density at radius 3 is 2.63 bits per heavy atom. The molecule has 3 N–H and O–H groups in total. The van der Waals surface area contributed by atoms with Gasteiger partial charge in [-0.1, -0.05) is 12.1 Å². The van der Waals surface area contributed by atoms with Crippen LogP contribution in [0, 0.1) is 11.3 Å². The summed E-state index contributed by atoms with van der Waals surface area (Å²) in [5.74, 6) is -2.22. The van der Waals surface area contributed by atoms with E-state index < -0.39 is 12.1 Å². The first kappa shape index (κ1) is 21.1. The van der Waals surface area contributed by atoms with Crippen molar-refractivity contribution in [3.05, 3.63) is 42.4 Å². The molecule has 1 aromatic carbocycles. The maximum atomic E-state index is 10.6. The first-order valence-corrected chi connectivity index (χ1v) is 8.79. The number of aromatic amines is 1. The van der Waals surface area contributed by atoms with Crippen LogP contribution in [0.3, 0.4) is 0 Å². The number of nitrogens with zero attached hydrogens (tertiary/aromatic N) is 3. The molecule has 3 aromatic rings. The first-order chi connectivity index (χ1) is 14.3. The van der Waals surface area contributed by atoms with Gasteiger partial charge >= 0.3 is 12.1 Å². The molecular formula is C19H16F3N5O3. The summed E-state index contributed by atoms with van der Waals surface area (Å²) >= 11 is 0. The van der Waals surface area contributed by atoms with E-state index in [4.69, 9.17) is 19.9 Å². The molecule has 0 spiro atoms. The number of para-hydroxylation sites is 1. The van der Waals surface area contributed by atoms with Gasteiger partial charge in [0, 0.05) is 23.7 Å². The molecule has 0 bridgehead atoms. The second-order valence-corrected chi connectivity index (χ2v) is 6.32. The molecule has 0 amide bonds. The maximum absolute atomic E-state index is 10.6. The Labute approximate surface area is 168 Å². The fourth-order valence-electron chi connectivity index (χ4n) is 2.88. The molecule has 8 nitrogen and oxygen atoms in total. The minimum absolute atomic E-state index is 0.168. The Morgan fingerprint density at radius 2 is 2.07 bits per heavy atom.